The van der Waals surface area contributed by atoms with Gasteiger partial charge in [0.2, 0.25) is 0 Å². The molecule has 190 valence electrons. The van der Waals surface area contributed by atoms with Crippen LogP contribution >= 0.6 is 0 Å². The molecule has 2 heterocycles. The number of furan rings is 1. The minimum atomic E-state index is -3.64. The first kappa shape index (κ1) is 25.9. The monoisotopic (exact) mass is 510 g/mol. The number of hydrogen-bond acceptors (Lipinski definition) is 7. The van der Waals surface area contributed by atoms with E-state index in [0.29, 0.717) is 34.8 Å². The summed E-state index contributed by atoms with van der Waals surface area (Å²) >= 11 is 0. The Morgan fingerprint density at radius 1 is 1.03 bits per heavy atom. The summed E-state index contributed by atoms with van der Waals surface area (Å²) in [5.41, 5.74) is 2.62. The summed E-state index contributed by atoms with van der Waals surface area (Å²) in [6.07, 6.45) is 1.44. The molecule has 0 fully saturated rings. The van der Waals surface area contributed by atoms with Crippen molar-refractivity contribution in [3.63, 3.8) is 0 Å². The zero-order valence-corrected chi connectivity index (χ0v) is 20.6. The Bertz CT molecular complexity index is 1310. The SMILES string of the molecule is O=S1(=O)CC(COc2ccccc2)=C([C@H](O)CC/C(=C/c2ccc(CO)o2)c2ccccc2)[C@@H]1CO. The maximum Gasteiger partial charge on any atom is 0.163 e. The van der Waals surface area contributed by atoms with Gasteiger partial charge in [-0.05, 0) is 65.5 Å². The molecule has 2 atom stereocenters. The molecule has 0 saturated heterocycles. The summed E-state index contributed by atoms with van der Waals surface area (Å²) in [5.74, 6) is 1.36. The molecule has 0 amide bonds. The number of ether oxygens (including phenoxy) is 1. The Morgan fingerprint density at radius 2 is 1.72 bits per heavy atom. The van der Waals surface area contributed by atoms with Gasteiger partial charge in [-0.25, -0.2) is 8.42 Å². The van der Waals surface area contributed by atoms with Gasteiger partial charge >= 0.3 is 0 Å². The summed E-state index contributed by atoms with van der Waals surface area (Å²) in [7, 11) is -3.64. The number of para-hydroxylation sites is 1. The normalized spacial score (nSPS) is 18.4. The van der Waals surface area contributed by atoms with Crippen molar-refractivity contribution in [1.29, 1.82) is 0 Å². The molecule has 0 saturated carbocycles. The highest BCUT2D eigenvalue weighted by molar-refractivity contribution is 7.92. The third-order valence-corrected chi connectivity index (χ3v) is 8.25. The number of aliphatic hydroxyl groups excluding tert-OH is 3. The molecule has 4 rings (SSSR count). The van der Waals surface area contributed by atoms with Gasteiger partial charge < -0.3 is 24.5 Å². The van der Waals surface area contributed by atoms with Gasteiger partial charge in [0.1, 0.15) is 35.7 Å². The lowest BCUT2D eigenvalue weighted by molar-refractivity contribution is 0.188. The second-order valence-electron chi connectivity index (χ2n) is 8.69. The Morgan fingerprint density at radius 3 is 2.36 bits per heavy atom. The lowest BCUT2D eigenvalue weighted by Crippen LogP contribution is -2.29. The van der Waals surface area contributed by atoms with Gasteiger partial charge in [0.25, 0.3) is 0 Å². The van der Waals surface area contributed by atoms with Crippen LogP contribution in [0.15, 0.2) is 88.4 Å². The van der Waals surface area contributed by atoms with Gasteiger partial charge in [-0.15, -0.1) is 0 Å². The first-order chi connectivity index (χ1) is 17.4. The first-order valence-corrected chi connectivity index (χ1v) is 13.5. The van der Waals surface area contributed by atoms with E-state index in [1.165, 1.54) is 0 Å². The van der Waals surface area contributed by atoms with Crippen molar-refractivity contribution < 1.29 is 32.9 Å². The molecule has 0 unspecified atom stereocenters. The first-order valence-electron chi connectivity index (χ1n) is 11.8. The molecular weight excluding hydrogens is 480 g/mol. The molecule has 0 spiro atoms. The van der Waals surface area contributed by atoms with Gasteiger partial charge in [0.15, 0.2) is 9.84 Å². The van der Waals surface area contributed by atoms with Crippen molar-refractivity contribution in [2.75, 3.05) is 19.0 Å². The number of hydrogen-bond donors (Lipinski definition) is 3. The maximum absolute atomic E-state index is 12.7. The Kier molecular flexibility index (Phi) is 8.43. The van der Waals surface area contributed by atoms with Crippen molar-refractivity contribution in [2.24, 2.45) is 0 Å². The van der Waals surface area contributed by atoms with Crippen LogP contribution in [-0.4, -0.2) is 54.1 Å². The van der Waals surface area contributed by atoms with Crippen LogP contribution in [0.1, 0.15) is 29.9 Å². The average Bonchev–Trinajstić information content (AvgIpc) is 3.46. The van der Waals surface area contributed by atoms with Gasteiger partial charge in [-0.3, -0.25) is 0 Å². The van der Waals surface area contributed by atoms with E-state index >= 15 is 0 Å². The predicted molar refractivity (Wildman–Crippen MR) is 138 cm³/mol. The Hall–Kier alpha value is -3.17. The third kappa shape index (κ3) is 6.14. The van der Waals surface area contributed by atoms with Gasteiger partial charge in [-0.2, -0.15) is 0 Å². The van der Waals surface area contributed by atoms with Crippen LogP contribution in [0.2, 0.25) is 0 Å². The molecule has 3 N–H and O–H groups in total. The molecule has 1 aliphatic rings. The van der Waals surface area contributed by atoms with Crippen LogP contribution in [0.5, 0.6) is 5.75 Å². The topological polar surface area (TPSA) is 117 Å². The fourth-order valence-electron chi connectivity index (χ4n) is 4.45. The molecule has 7 nitrogen and oxygen atoms in total. The largest absolute Gasteiger partial charge is 0.489 e. The number of benzene rings is 2. The van der Waals surface area contributed by atoms with Crippen molar-refractivity contribution in [3.05, 3.63) is 101 Å². The van der Waals surface area contributed by atoms with E-state index in [1.54, 1.807) is 24.3 Å². The minimum absolute atomic E-state index is 0.0177. The number of aliphatic hydroxyl groups is 3. The summed E-state index contributed by atoms with van der Waals surface area (Å²) in [5, 5.41) is 29.2. The van der Waals surface area contributed by atoms with E-state index in [-0.39, 0.29) is 25.4 Å². The summed E-state index contributed by atoms with van der Waals surface area (Å²) in [6, 6.07) is 22.1. The molecule has 2 aromatic carbocycles. The number of sulfone groups is 1. The fourth-order valence-corrected chi connectivity index (χ4v) is 6.33. The zero-order valence-electron chi connectivity index (χ0n) is 19.8. The maximum atomic E-state index is 12.7. The predicted octanol–water partition coefficient (Wildman–Crippen LogP) is 3.62. The highest BCUT2D eigenvalue weighted by Crippen LogP contribution is 2.34. The van der Waals surface area contributed by atoms with Gasteiger partial charge in [0.05, 0.1) is 18.5 Å². The zero-order chi connectivity index (χ0) is 25.5. The summed E-state index contributed by atoms with van der Waals surface area (Å²) in [4.78, 5) is 0. The summed E-state index contributed by atoms with van der Waals surface area (Å²) in [6.45, 7) is -0.780. The minimum Gasteiger partial charge on any atom is -0.489 e. The molecule has 0 aliphatic carbocycles. The number of rotatable bonds is 11. The van der Waals surface area contributed by atoms with Crippen molar-refractivity contribution in [2.45, 2.75) is 30.8 Å². The molecule has 3 aromatic rings. The Balaban J connectivity index is 1.57. The lowest BCUT2D eigenvalue weighted by atomic mass is 9.93. The molecule has 1 aliphatic heterocycles. The highest BCUT2D eigenvalue weighted by atomic mass is 32.2. The van der Waals surface area contributed by atoms with Crippen LogP contribution in [-0.2, 0) is 16.4 Å². The quantitative estimate of drug-likeness (QED) is 0.337. The van der Waals surface area contributed by atoms with Gasteiger partial charge in [-0.1, -0.05) is 48.5 Å². The van der Waals surface area contributed by atoms with Crippen molar-refractivity contribution in [1.82, 2.24) is 0 Å². The van der Waals surface area contributed by atoms with Crippen LogP contribution in [0.25, 0.3) is 11.6 Å². The van der Waals surface area contributed by atoms with E-state index in [0.717, 1.165) is 11.1 Å². The number of allylic oxidation sites excluding steroid dienone is 1. The molecular formula is C28H30O7S. The molecule has 1 aromatic heterocycles. The fraction of sp³-hybridized carbons (Fsp3) is 0.286. The molecule has 36 heavy (non-hydrogen) atoms. The van der Waals surface area contributed by atoms with Gasteiger partial charge in [0, 0.05) is 0 Å². The van der Waals surface area contributed by atoms with E-state index in [1.807, 2.05) is 54.6 Å². The summed E-state index contributed by atoms with van der Waals surface area (Å²) < 4.78 is 36.9. The van der Waals surface area contributed by atoms with E-state index in [4.69, 9.17) is 9.15 Å². The van der Waals surface area contributed by atoms with Crippen LogP contribution in [0.4, 0.5) is 0 Å². The standard InChI is InChI=1S/C28H30O7S/c29-16-25-13-12-24(35-25)15-21(20-7-3-1-4-8-20)11-14-26(31)28-22(19-36(32,33)27(28)17-30)18-34-23-9-5-2-6-10-23/h1-10,12-13,15,26-27,29-31H,11,14,16-19H2/b21-15-/t26-,27+/m1/s1. The van der Waals surface area contributed by atoms with Crippen molar-refractivity contribution in [3.8, 4) is 5.75 Å². The van der Waals surface area contributed by atoms with Crippen LogP contribution in [0, 0.1) is 0 Å². The van der Waals surface area contributed by atoms with E-state index in [9.17, 15) is 23.7 Å². The lowest BCUT2D eigenvalue weighted by Gasteiger charge is -2.20. The molecule has 0 radical (unpaired) electrons. The second-order valence-corrected chi connectivity index (χ2v) is 10.9. The second kappa shape index (κ2) is 11.7. The van der Waals surface area contributed by atoms with Crippen molar-refractivity contribution >= 4 is 21.5 Å². The average molecular weight is 511 g/mol. The molecule has 8 heteroatoms. The van der Waals surface area contributed by atoms with Crippen LogP contribution in [0.3, 0.4) is 0 Å². The third-order valence-electron chi connectivity index (χ3n) is 6.23. The van der Waals surface area contributed by atoms with E-state index < -0.39 is 27.8 Å². The highest BCUT2D eigenvalue weighted by Gasteiger charge is 2.41. The van der Waals surface area contributed by atoms with E-state index in [2.05, 4.69) is 0 Å². The Labute approximate surface area is 210 Å². The molecule has 0 bridgehead atoms. The smallest absolute Gasteiger partial charge is 0.163 e. The van der Waals surface area contributed by atoms with Crippen LogP contribution < -0.4 is 4.74 Å².